The Kier molecular flexibility index (Phi) is 3.99. The lowest BCUT2D eigenvalue weighted by atomic mass is 10.3. The van der Waals surface area contributed by atoms with Gasteiger partial charge < -0.3 is 9.67 Å². The number of nitrogens with zero attached hydrogens (tertiary/aromatic N) is 3. The standard InChI is InChI=1S/C12H13N3O2S/c1-9-6-14-12(18-8-11(16)17)15(9)7-10-4-2-3-5-13-10/h2-6H,7-8H2,1H3,(H,16,17). The maximum absolute atomic E-state index is 10.6. The number of carbonyl (C=O) groups is 1. The maximum Gasteiger partial charge on any atom is 0.313 e. The van der Waals surface area contributed by atoms with Crippen LogP contribution >= 0.6 is 11.8 Å². The van der Waals surface area contributed by atoms with Crippen molar-refractivity contribution in [3.8, 4) is 0 Å². The summed E-state index contributed by atoms with van der Waals surface area (Å²) in [7, 11) is 0. The number of imidazole rings is 1. The molecule has 0 aliphatic carbocycles. The molecule has 0 aliphatic rings. The summed E-state index contributed by atoms with van der Waals surface area (Å²) < 4.78 is 1.97. The number of carboxylic acid groups (broad SMARTS) is 1. The molecule has 2 rings (SSSR count). The quantitative estimate of drug-likeness (QED) is 0.833. The number of pyridine rings is 1. The zero-order valence-corrected chi connectivity index (χ0v) is 10.7. The third-order valence-corrected chi connectivity index (χ3v) is 3.36. The molecule has 2 aromatic rings. The van der Waals surface area contributed by atoms with Crippen molar-refractivity contribution >= 4 is 17.7 Å². The SMILES string of the molecule is Cc1cnc(SCC(=O)O)n1Cc1ccccn1. The summed E-state index contributed by atoms with van der Waals surface area (Å²) in [5.41, 5.74) is 1.92. The molecule has 5 nitrogen and oxygen atoms in total. The van der Waals surface area contributed by atoms with Crippen molar-refractivity contribution < 1.29 is 9.90 Å². The van der Waals surface area contributed by atoms with Crippen LogP contribution in [0, 0.1) is 6.92 Å². The van der Waals surface area contributed by atoms with Crippen molar-refractivity contribution in [1.82, 2.24) is 14.5 Å². The van der Waals surface area contributed by atoms with Crippen LogP contribution in [0.4, 0.5) is 0 Å². The summed E-state index contributed by atoms with van der Waals surface area (Å²) in [5, 5.41) is 9.40. The van der Waals surface area contributed by atoms with Crippen molar-refractivity contribution in [3.05, 3.63) is 42.0 Å². The summed E-state index contributed by atoms with van der Waals surface area (Å²) >= 11 is 1.22. The molecule has 0 aromatic carbocycles. The fourth-order valence-corrected chi connectivity index (χ4v) is 2.27. The van der Waals surface area contributed by atoms with E-state index >= 15 is 0 Å². The highest BCUT2D eigenvalue weighted by molar-refractivity contribution is 7.99. The van der Waals surface area contributed by atoms with Gasteiger partial charge in [0, 0.05) is 18.1 Å². The smallest absolute Gasteiger partial charge is 0.313 e. The number of thioether (sulfide) groups is 1. The van der Waals surface area contributed by atoms with Crippen LogP contribution in [-0.2, 0) is 11.3 Å². The van der Waals surface area contributed by atoms with Crippen LogP contribution in [0.1, 0.15) is 11.4 Å². The molecule has 0 amide bonds. The number of rotatable bonds is 5. The molecule has 6 heteroatoms. The number of hydrogen-bond donors (Lipinski definition) is 1. The van der Waals surface area contributed by atoms with Gasteiger partial charge in [0.25, 0.3) is 0 Å². The number of aromatic nitrogens is 3. The molecule has 94 valence electrons. The van der Waals surface area contributed by atoms with E-state index in [0.717, 1.165) is 11.4 Å². The molecule has 0 bridgehead atoms. The third kappa shape index (κ3) is 3.10. The zero-order chi connectivity index (χ0) is 13.0. The minimum absolute atomic E-state index is 0.0126. The highest BCUT2D eigenvalue weighted by atomic mass is 32.2. The van der Waals surface area contributed by atoms with Gasteiger partial charge in [0.2, 0.25) is 0 Å². The summed E-state index contributed by atoms with van der Waals surface area (Å²) in [6.45, 7) is 2.55. The van der Waals surface area contributed by atoms with Crippen molar-refractivity contribution in [2.24, 2.45) is 0 Å². The number of aliphatic carboxylic acids is 1. The average molecular weight is 263 g/mol. The Morgan fingerprint density at radius 1 is 1.44 bits per heavy atom. The van der Waals surface area contributed by atoms with E-state index in [4.69, 9.17) is 5.11 Å². The zero-order valence-electron chi connectivity index (χ0n) is 9.91. The molecule has 0 saturated carbocycles. The first kappa shape index (κ1) is 12.6. The van der Waals surface area contributed by atoms with Gasteiger partial charge in [-0.15, -0.1) is 0 Å². The molecule has 0 unspecified atom stereocenters. The van der Waals surface area contributed by atoms with Crippen molar-refractivity contribution in [2.75, 3.05) is 5.75 Å². The largest absolute Gasteiger partial charge is 0.481 e. The highest BCUT2D eigenvalue weighted by Crippen LogP contribution is 2.19. The van der Waals surface area contributed by atoms with Crippen LogP contribution in [0.3, 0.4) is 0 Å². The summed E-state index contributed by atoms with van der Waals surface area (Å²) in [5.74, 6) is -0.830. The van der Waals surface area contributed by atoms with Crippen LogP contribution in [0.15, 0.2) is 35.7 Å². The Morgan fingerprint density at radius 3 is 2.94 bits per heavy atom. The Hall–Kier alpha value is -1.82. The summed E-state index contributed by atoms with van der Waals surface area (Å²) in [6, 6.07) is 5.73. The first-order chi connectivity index (χ1) is 8.66. The van der Waals surface area contributed by atoms with E-state index < -0.39 is 5.97 Å². The molecule has 1 N–H and O–H groups in total. The van der Waals surface area contributed by atoms with Gasteiger partial charge in [-0.25, -0.2) is 4.98 Å². The van der Waals surface area contributed by atoms with E-state index in [9.17, 15) is 4.79 Å². The van der Waals surface area contributed by atoms with E-state index in [1.54, 1.807) is 12.4 Å². The molecule has 0 spiro atoms. The predicted molar refractivity (Wildman–Crippen MR) is 68.7 cm³/mol. The molecule has 0 atom stereocenters. The normalized spacial score (nSPS) is 10.5. The van der Waals surface area contributed by atoms with Gasteiger partial charge in [-0.3, -0.25) is 9.78 Å². The average Bonchev–Trinajstić information content (AvgIpc) is 2.70. The second-order valence-corrected chi connectivity index (χ2v) is 4.71. The maximum atomic E-state index is 10.6. The minimum Gasteiger partial charge on any atom is -0.481 e. The van der Waals surface area contributed by atoms with Gasteiger partial charge in [0.1, 0.15) is 0 Å². The van der Waals surface area contributed by atoms with E-state index in [0.29, 0.717) is 11.7 Å². The summed E-state index contributed by atoms with van der Waals surface area (Å²) in [4.78, 5) is 19.1. The van der Waals surface area contributed by atoms with E-state index in [2.05, 4.69) is 9.97 Å². The number of carboxylic acids is 1. The second kappa shape index (κ2) is 5.68. The van der Waals surface area contributed by atoms with Crippen LogP contribution in [0.25, 0.3) is 0 Å². The highest BCUT2D eigenvalue weighted by Gasteiger charge is 2.10. The predicted octanol–water partition coefficient (Wildman–Crippen LogP) is 1.81. The molecule has 2 aromatic heterocycles. The first-order valence-electron chi connectivity index (χ1n) is 5.43. The lowest BCUT2D eigenvalue weighted by molar-refractivity contribution is -0.133. The van der Waals surface area contributed by atoms with Gasteiger partial charge in [0.05, 0.1) is 18.0 Å². The monoisotopic (exact) mass is 263 g/mol. The van der Waals surface area contributed by atoms with Gasteiger partial charge in [-0.1, -0.05) is 17.8 Å². The van der Waals surface area contributed by atoms with Crippen molar-refractivity contribution in [3.63, 3.8) is 0 Å². The lowest BCUT2D eigenvalue weighted by Crippen LogP contribution is -2.06. The Bertz CT molecular complexity index is 540. The van der Waals surface area contributed by atoms with Crippen LogP contribution in [-0.4, -0.2) is 31.4 Å². The third-order valence-electron chi connectivity index (χ3n) is 2.39. The van der Waals surface area contributed by atoms with E-state index in [1.165, 1.54) is 11.8 Å². The van der Waals surface area contributed by atoms with Crippen LogP contribution < -0.4 is 0 Å². The van der Waals surface area contributed by atoms with E-state index in [1.807, 2.05) is 29.7 Å². The molecule has 18 heavy (non-hydrogen) atoms. The number of aryl methyl sites for hydroxylation is 1. The topological polar surface area (TPSA) is 68.0 Å². The fourth-order valence-electron chi connectivity index (χ4n) is 1.53. The van der Waals surface area contributed by atoms with Crippen molar-refractivity contribution in [2.45, 2.75) is 18.6 Å². The first-order valence-corrected chi connectivity index (χ1v) is 6.42. The molecule has 0 aliphatic heterocycles. The van der Waals surface area contributed by atoms with Crippen LogP contribution in [0.5, 0.6) is 0 Å². The molecular weight excluding hydrogens is 250 g/mol. The number of hydrogen-bond acceptors (Lipinski definition) is 4. The molecule has 0 saturated heterocycles. The Morgan fingerprint density at radius 2 is 2.28 bits per heavy atom. The van der Waals surface area contributed by atoms with Gasteiger partial charge in [-0.05, 0) is 19.1 Å². The Balaban J connectivity index is 2.16. The Labute approximate surface area is 109 Å². The fraction of sp³-hybridized carbons (Fsp3) is 0.250. The summed E-state index contributed by atoms with van der Waals surface area (Å²) in [6.07, 6.45) is 3.48. The van der Waals surface area contributed by atoms with Crippen LogP contribution in [0.2, 0.25) is 0 Å². The minimum atomic E-state index is -0.843. The van der Waals surface area contributed by atoms with Gasteiger partial charge in [0.15, 0.2) is 5.16 Å². The van der Waals surface area contributed by atoms with Gasteiger partial charge >= 0.3 is 5.97 Å². The molecule has 0 fully saturated rings. The van der Waals surface area contributed by atoms with E-state index in [-0.39, 0.29) is 5.75 Å². The van der Waals surface area contributed by atoms with Crippen molar-refractivity contribution in [1.29, 1.82) is 0 Å². The second-order valence-electron chi connectivity index (χ2n) is 3.77. The lowest BCUT2D eigenvalue weighted by Gasteiger charge is -2.08. The molecule has 2 heterocycles. The molecular formula is C12H13N3O2S. The van der Waals surface area contributed by atoms with Gasteiger partial charge in [-0.2, -0.15) is 0 Å². The molecule has 0 radical (unpaired) electrons.